The molecule has 1 amide bonds. The summed E-state index contributed by atoms with van der Waals surface area (Å²) in [5, 5.41) is 15.8. The predicted molar refractivity (Wildman–Crippen MR) is 70.8 cm³/mol. The molecule has 0 aromatic heterocycles. The fraction of sp³-hybridized carbons (Fsp3) is 0.364. The lowest BCUT2D eigenvalue weighted by molar-refractivity contribution is -0.387. The summed E-state index contributed by atoms with van der Waals surface area (Å²) < 4.78 is 26.7. The molecular weight excluding hydrogens is 292 g/mol. The van der Waals surface area contributed by atoms with Gasteiger partial charge in [-0.3, -0.25) is 14.9 Å². The molecule has 0 bridgehead atoms. The molecule has 1 aromatic carbocycles. The monoisotopic (exact) mass is 303 g/mol. The second kappa shape index (κ2) is 6.14. The van der Waals surface area contributed by atoms with Gasteiger partial charge in [0.1, 0.15) is 5.82 Å². The van der Waals surface area contributed by atoms with E-state index < -0.39 is 39.9 Å². The van der Waals surface area contributed by atoms with Crippen molar-refractivity contribution in [3.63, 3.8) is 0 Å². The maximum absolute atomic E-state index is 13.5. The van der Waals surface area contributed by atoms with Gasteiger partial charge in [0.05, 0.1) is 16.7 Å². The number of nitrogens with one attached hydrogen (secondary N) is 2. The van der Waals surface area contributed by atoms with E-state index in [0.717, 1.165) is 5.75 Å². The minimum Gasteiger partial charge on any atom is -0.322 e. The van der Waals surface area contributed by atoms with E-state index in [1.807, 2.05) is 0 Å². The van der Waals surface area contributed by atoms with Crippen LogP contribution in [-0.2, 0) is 4.79 Å². The number of nitro benzene ring substituents is 1. The van der Waals surface area contributed by atoms with E-state index in [-0.39, 0.29) is 0 Å². The Morgan fingerprint density at radius 1 is 1.45 bits per heavy atom. The number of carbonyl (C=O) groups is 1. The number of carbonyl (C=O) groups excluding carboxylic acids is 1. The van der Waals surface area contributed by atoms with Gasteiger partial charge in [0.25, 0.3) is 0 Å². The van der Waals surface area contributed by atoms with Crippen LogP contribution >= 0.6 is 11.8 Å². The Hall–Kier alpha value is -1.74. The Balaban J connectivity index is 2.18. The Bertz CT molecular complexity index is 550. The molecule has 1 saturated heterocycles. The minimum absolute atomic E-state index is 0.386. The first-order valence-electron chi connectivity index (χ1n) is 5.74. The Labute approximate surface area is 117 Å². The summed E-state index contributed by atoms with van der Waals surface area (Å²) in [5.74, 6) is -1.43. The normalized spacial score (nSPS) is 18.6. The molecule has 1 heterocycles. The second-order valence-electron chi connectivity index (χ2n) is 4.11. The smallest absolute Gasteiger partial charge is 0.307 e. The molecule has 20 heavy (non-hydrogen) atoms. The van der Waals surface area contributed by atoms with E-state index in [1.54, 1.807) is 11.8 Å². The standard InChI is InChI=1S/C11H11F2N3O3S/c12-6-3-7(13)10(16(18)19)4-8(6)15-11(17)9-5-20-2-1-14-9/h3-4,9,14H,1-2,5H2,(H,15,17). The third-order valence-corrected chi connectivity index (χ3v) is 3.79. The van der Waals surface area contributed by atoms with Crippen LogP contribution in [0, 0.1) is 21.7 Å². The number of anilines is 1. The number of nitro groups is 1. The summed E-state index contributed by atoms with van der Waals surface area (Å²) >= 11 is 1.57. The molecule has 0 radical (unpaired) electrons. The summed E-state index contributed by atoms with van der Waals surface area (Å²) in [4.78, 5) is 21.5. The van der Waals surface area contributed by atoms with E-state index in [2.05, 4.69) is 10.6 Å². The second-order valence-corrected chi connectivity index (χ2v) is 5.26. The molecule has 6 nitrogen and oxygen atoms in total. The lowest BCUT2D eigenvalue weighted by atomic mass is 10.2. The fourth-order valence-electron chi connectivity index (χ4n) is 1.73. The predicted octanol–water partition coefficient (Wildman–Crippen LogP) is 1.52. The van der Waals surface area contributed by atoms with Gasteiger partial charge in [-0.15, -0.1) is 0 Å². The van der Waals surface area contributed by atoms with Crippen molar-refractivity contribution in [2.75, 3.05) is 23.4 Å². The molecule has 9 heteroatoms. The zero-order valence-corrected chi connectivity index (χ0v) is 11.0. The van der Waals surface area contributed by atoms with Crippen molar-refractivity contribution in [3.05, 3.63) is 33.9 Å². The Morgan fingerprint density at radius 2 is 2.20 bits per heavy atom. The summed E-state index contributed by atoms with van der Waals surface area (Å²) in [5.41, 5.74) is -1.28. The van der Waals surface area contributed by atoms with Gasteiger partial charge < -0.3 is 10.6 Å². The van der Waals surface area contributed by atoms with Crippen LogP contribution in [0.2, 0.25) is 0 Å². The number of benzene rings is 1. The molecule has 1 unspecified atom stereocenters. The molecule has 1 fully saturated rings. The highest BCUT2D eigenvalue weighted by molar-refractivity contribution is 7.99. The van der Waals surface area contributed by atoms with Gasteiger partial charge in [-0.25, -0.2) is 4.39 Å². The van der Waals surface area contributed by atoms with Gasteiger partial charge in [0, 0.05) is 30.2 Å². The number of thioether (sulfide) groups is 1. The minimum atomic E-state index is -1.28. The van der Waals surface area contributed by atoms with Crippen molar-refractivity contribution in [1.29, 1.82) is 0 Å². The molecule has 0 saturated carbocycles. The van der Waals surface area contributed by atoms with Crippen molar-refractivity contribution in [1.82, 2.24) is 5.32 Å². The van der Waals surface area contributed by atoms with E-state index in [9.17, 15) is 23.7 Å². The average Bonchev–Trinajstić information content (AvgIpc) is 2.42. The molecule has 1 aliphatic heterocycles. The van der Waals surface area contributed by atoms with Crippen molar-refractivity contribution in [2.24, 2.45) is 0 Å². The Morgan fingerprint density at radius 3 is 2.80 bits per heavy atom. The van der Waals surface area contributed by atoms with Crippen LogP contribution in [0.3, 0.4) is 0 Å². The SMILES string of the molecule is O=C(Nc1cc([N+](=O)[O-])c(F)cc1F)C1CSCCN1. The number of hydrogen-bond acceptors (Lipinski definition) is 5. The van der Waals surface area contributed by atoms with Gasteiger partial charge >= 0.3 is 5.69 Å². The number of rotatable bonds is 3. The van der Waals surface area contributed by atoms with Crippen LogP contribution in [-0.4, -0.2) is 34.9 Å². The van der Waals surface area contributed by atoms with Gasteiger partial charge in [0.15, 0.2) is 0 Å². The van der Waals surface area contributed by atoms with Gasteiger partial charge in [-0.05, 0) is 0 Å². The molecule has 1 aromatic rings. The number of nitrogens with zero attached hydrogens (tertiary/aromatic N) is 1. The molecule has 0 aliphatic carbocycles. The van der Waals surface area contributed by atoms with Crippen molar-refractivity contribution < 1.29 is 18.5 Å². The third kappa shape index (κ3) is 3.23. The summed E-state index contributed by atoms with van der Waals surface area (Å²) in [7, 11) is 0. The van der Waals surface area contributed by atoms with E-state index in [1.165, 1.54) is 0 Å². The van der Waals surface area contributed by atoms with Crippen LogP contribution < -0.4 is 10.6 Å². The molecule has 0 spiro atoms. The lowest BCUT2D eigenvalue weighted by Gasteiger charge is -2.22. The van der Waals surface area contributed by atoms with Crippen LogP contribution in [0.1, 0.15) is 0 Å². The van der Waals surface area contributed by atoms with Crippen molar-refractivity contribution in [3.8, 4) is 0 Å². The summed E-state index contributed by atoms with van der Waals surface area (Å²) in [6, 6.07) is 0.562. The van der Waals surface area contributed by atoms with Crippen LogP contribution in [0.25, 0.3) is 0 Å². The molecule has 2 N–H and O–H groups in total. The quantitative estimate of drug-likeness (QED) is 0.653. The first-order chi connectivity index (χ1) is 9.49. The topological polar surface area (TPSA) is 84.3 Å². The van der Waals surface area contributed by atoms with Gasteiger partial charge in [-0.2, -0.15) is 16.2 Å². The number of hydrogen-bond donors (Lipinski definition) is 2. The highest BCUT2D eigenvalue weighted by atomic mass is 32.2. The van der Waals surface area contributed by atoms with Gasteiger partial charge in [-0.1, -0.05) is 0 Å². The molecule has 108 valence electrons. The lowest BCUT2D eigenvalue weighted by Crippen LogP contribution is -2.46. The first kappa shape index (κ1) is 14.7. The van der Waals surface area contributed by atoms with Crippen molar-refractivity contribution in [2.45, 2.75) is 6.04 Å². The zero-order chi connectivity index (χ0) is 14.7. The maximum Gasteiger partial charge on any atom is 0.307 e. The maximum atomic E-state index is 13.5. The summed E-state index contributed by atoms with van der Waals surface area (Å²) in [6.45, 7) is 0.648. The highest BCUT2D eigenvalue weighted by Gasteiger charge is 2.24. The van der Waals surface area contributed by atoms with Gasteiger partial charge in [0.2, 0.25) is 11.7 Å². The average molecular weight is 303 g/mol. The van der Waals surface area contributed by atoms with E-state index in [0.29, 0.717) is 24.4 Å². The van der Waals surface area contributed by atoms with Crippen LogP contribution in [0.15, 0.2) is 12.1 Å². The number of amides is 1. The molecule has 1 atom stereocenters. The fourth-order valence-corrected chi connectivity index (χ4v) is 2.66. The summed E-state index contributed by atoms with van der Waals surface area (Å²) in [6.07, 6.45) is 0. The molecule has 1 aliphatic rings. The highest BCUT2D eigenvalue weighted by Crippen LogP contribution is 2.25. The largest absolute Gasteiger partial charge is 0.322 e. The van der Waals surface area contributed by atoms with Crippen molar-refractivity contribution >= 4 is 29.0 Å². The zero-order valence-electron chi connectivity index (χ0n) is 10.2. The van der Waals surface area contributed by atoms with Crippen LogP contribution in [0.4, 0.5) is 20.2 Å². The number of halogens is 2. The molecular formula is C11H11F2N3O3S. The van der Waals surface area contributed by atoms with E-state index >= 15 is 0 Å². The first-order valence-corrected chi connectivity index (χ1v) is 6.90. The molecule has 2 rings (SSSR count). The van der Waals surface area contributed by atoms with E-state index in [4.69, 9.17) is 0 Å². The third-order valence-electron chi connectivity index (χ3n) is 2.73. The van der Waals surface area contributed by atoms with Crippen LogP contribution in [0.5, 0.6) is 0 Å². The Kier molecular flexibility index (Phi) is 4.50.